The third kappa shape index (κ3) is 2.56. The molecule has 0 radical (unpaired) electrons. The molecule has 0 aliphatic rings. The van der Waals surface area contributed by atoms with E-state index in [-0.39, 0.29) is 5.41 Å². The molecule has 0 saturated carbocycles. The van der Waals surface area contributed by atoms with Crippen molar-refractivity contribution in [2.24, 2.45) is 0 Å². The first-order chi connectivity index (χ1) is 9.97. The monoisotopic (exact) mass is 275 g/mol. The summed E-state index contributed by atoms with van der Waals surface area (Å²) in [7, 11) is 0. The minimum absolute atomic E-state index is 0.0170. The van der Waals surface area contributed by atoms with E-state index in [0.29, 0.717) is 0 Å². The van der Waals surface area contributed by atoms with Gasteiger partial charge in [0.2, 0.25) is 0 Å². The van der Waals surface area contributed by atoms with Crippen molar-refractivity contribution in [1.82, 2.24) is 4.98 Å². The Bertz CT molecular complexity index is 780. The van der Waals surface area contributed by atoms with Crippen LogP contribution >= 0.6 is 0 Å². The number of fused-ring (bicyclic) bond motifs is 1. The second-order valence-electron chi connectivity index (χ2n) is 6.69. The van der Waals surface area contributed by atoms with Gasteiger partial charge in [-0.3, -0.25) is 4.98 Å². The number of hydrogen-bond donors (Lipinski definition) is 0. The number of benzene rings is 2. The van der Waals surface area contributed by atoms with Crippen LogP contribution in [0.15, 0.2) is 54.7 Å². The highest BCUT2D eigenvalue weighted by Crippen LogP contribution is 2.37. The summed E-state index contributed by atoms with van der Waals surface area (Å²) >= 11 is 0. The lowest BCUT2D eigenvalue weighted by molar-refractivity contribution is 0.572. The summed E-state index contributed by atoms with van der Waals surface area (Å²) in [6, 6.07) is 17.2. The SMILES string of the molecule is Cc1ccc2cnc(C(C)(C)C)c(-c3ccccc3)c2c1. The highest BCUT2D eigenvalue weighted by atomic mass is 14.7. The first kappa shape index (κ1) is 13.8. The topological polar surface area (TPSA) is 12.9 Å². The molecule has 0 amide bonds. The van der Waals surface area contributed by atoms with Crippen LogP contribution in [0.2, 0.25) is 0 Å². The molecule has 1 heterocycles. The van der Waals surface area contributed by atoms with E-state index in [1.807, 2.05) is 6.20 Å². The van der Waals surface area contributed by atoms with Crippen molar-refractivity contribution >= 4 is 10.8 Å². The third-order valence-electron chi connectivity index (χ3n) is 3.82. The number of nitrogens with zero attached hydrogens (tertiary/aromatic N) is 1. The molecule has 0 N–H and O–H groups in total. The molecule has 0 aliphatic heterocycles. The minimum atomic E-state index is 0.0170. The molecule has 0 atom stereocenters. The van der Waals surface area contributed by atoms with Gasteiger partial charge in [0.15, 0.2) is 0 Å². The highest BCUT2D eigenvalue weighted by Gasteiger charge is 2.22. The molecule has 1 nitrogen and oxygen atoms in total. The lowest BCUT2D eigenvalue weighted by Gasteiger charge is -2.23. The van der Waals surface area contributed by atoms with Gasteiger partial charge in [-0.1, -0.05) is 74.9 Å². The van der Waals surface area contributed by atoms with Crippen molar-refractivity contribution in [3.05, 3.63) is 66.0 Å². The Balaban J connectivity index is 2.44. The second kappa shape index (κ2) is 5.00. The predicted octanol–water partition coefficient (Wildman–Crippen LogP) is 5.51. The van der Waals surface area contributed by atoms with Crippen LogP contribution in [0.3, 0.4) is 0 Å². The number of aryl methyl sites for hydroxylation is 1. The zero-order chi connectivity index (χ0) is 15.0. The maximum atomic E-state index is 4.78. The average molecular weight is 275 g/mol. The fraction of sp³-hybridized carbons (Fsp3) is 0.250. The Kier molecular flexibility index (Phi) is 3.29. The number of aromatic nitrogens is 1. The lowest BCUT2D eigenvalue weighted by Crippen LogP contribution is -2.15. The Morgan fingerprint density at radius 2 is 1.62 bits per heavy atom. The lowest BCUT2D eigenvalue weighted by atomic mass is 9.84. The second-order valence-corrected chi connectivity index (χ2v) is 6.69. The third-order valence-corrected chi connectivity index (χ3v) is 3.82. The van der Waals surface area contributed by atoms with Crippen LogP contribution in [-0.2, 0) is 5.41 Å². The van der Waals surface area contributed by atoms with E-state index in [9.17, 15) is 0 Å². The van der Waals surface area contributed by atoms with E-state index in [4.69, 9.17) is 4.98 Å². The molecular weight excluding hydrogens is 254 g/mol. The van der Waals surface area contributed by atoms with Gasteiger partial charge in [0.05, 0.1) is 5.69 Å². The van der Waals surface area contributed by atoms with Crippen LogP contribution in [0.1, 0.15) is 32.0 Å². The van der Waals surface area contributed by atoms with Crippen molar-refractivity contribution in [2.75, 3.05) is 0 Å². The molecule has 3 rings (SSSR count). The molecule has 0 spiro atoms. The van der Waals surface area contributed by atoms with E-state index in [2.05, 4.69) is 76.2 Å². The smallest absolute Gasteiger partial charge is 0.0541 e. The summed E-state index contributed by atoms with van der Waals surface area (Å²) in [5.41, 5.74) is 4.97. The van der Waals surface area contributed by atoms with Gasteiger partial charge < -0.3 is 0 Å². The molecule has 1 aromatic heterocycles. The summed E-state index contributed by atoms with van der Waals surface area (Å²) in [4.78, 5) is 4.78. The van der Waals surface area contributed by atoms with Crippen LogP contribution in [0, 0.1) is 6.92 Å². The van der Waals surface area contributed by atoms with Gasteiger partial charge in [-0.05, 0) is 17.9 Å². The van der Waals surface area contributed by atoms with Crippen LogP contribution < -0.4 is 0 Å². The van der Waals surface area contributed by atoms with Crippen molar-refractivity contribution in [1.29, 1.82) is 0 Å². The molecule has 0 bridgehead atoms. The zero-order valence-electron chi connectivity index (χ0n) is 13.1. The first-order valence-corrected chi connectivity index (χ1v) is 7.42. The number of hydrogen-bond acceptors (Lipinski definition) is 1. The summed E-state index contributed by atoms with van der Waals surface area (Å²) in [5, 5.41) is 2.49. The number of pyridine rings is 1. The molecule has 106 valence electrons. The van der Waals surface area contributed by atoms with Gasteiger partial charge in [0.1, 0.15) is 0 Å². The van der Waals surface area contributed by atoms with Gasteiger partial charge >= 0.3 is 0 Å². The molecule has 1 heteroatoms. The van der Waals surface area contributed by atoms with Crippen molar-refractivity contribution < 1.29 is 0 Å². The van der Waals surface area contributed by atoms with E-state index in [1.165, 1.54) is 27.5 Å². The zero-order valence-corrected chi connectivity index (χ0v) is 13.1. The summed E-state index contributed by atoms with van der Waals surface area (Å²) in [6.45, 7) is 8.82. The summed E-state index contributed by atoms with van der Waals surface area (Å²) in [5.74, 6) is 0. The fourth-order valence-electron chi connectivity index (χ4n) is 2.79. The van der Waals surface area contributed by atoms with Crippen LogP contribution in [0.25, 0.3) is 21.9 Å². The van der Waals surface area contributed by atoms with Gasteiger partial charge in [0.25, 0.3) is 0 Å². The Morgan fingerprint density at radius 3 is 2.29 bits per heavy atom. The summed E-state index contributed by atoms with van der Waals surface area (Å²) < 4.78 is 0. The van der Waals surface area contributed by atoms with Crippen molar-refractivity contribution in [3.8, 4) is 11.1 Å². The standard InChI is InChI=1S/C20H21N/c1-14-10-11-16-13-21-19(20(2,3)4)18(17(16)12-14)15-8-6-5-7-9-15/h5-13H,1-4H3. The molecule has 0 fully saturated rings. The Hall–Kier alpha value is -2.15. The van der Waals surface area contributed by atoms with E-state index in [0.717, 1.165) is 5.69 Å². The quantitative estimate of drug-likeness (QED) is 0.571. The fourth-order valence-corrected chi connectivity index (χ4v) is 2.79. The van der Waals surface area contributed by atoms with E-state index >= 15 is 0 Å². The molecule has 0 unspecified atom stereocenters. The molecule has 2 aromatic carbocycles. The molecule has 21 heavy (non-hydrogen) atoms. The van der Waals surface area contributed by atoms with Crippen molar-refractivity contribution in [2.45, 2.75) is 33.1 Å². The molecular formula is C20H21N. The largest absolute Gasteiger partial charge is 0.259 e. The number of rotatable bonds is 1. The highest BCUT2D eigenvalue weighted by molar-refractivity contribution is 5.98. The van der Waals surface area contributed by atoms with Gasteiger partial charge in [-0.25, -0.2) is 0 Å². The molecule has 0 saturated heterocycles. The van der Waals surface area contributed by atoms with Gasteiger partial charge in [0, 0.05) is 22.6 Å². The Morgan fingerprint density at radius 1 is 0.905 bits per heavy atom. The van der Waals surface area contributed by atoms with E-state index in [1.54, 1.807) is 0 Å². The molecule has 0 aliphatic carbocycles. The molecule has 3 aromatic rings. The van der Waals surface area contributed by atoms with Crippen LogP contribution in [0.5, 0.6) is 0 Å². The van der Waals surface area contributed by atoms with E-state index < -0.39 is 0 Å². The average Bonchev–Trinajstić information content (AvgIpc) is 2.46. The minimum Gasteiger partial charge on any atom is -0.259 e. The Labute approximate surface area is 126 Å². The van der Waals surface area contributed by atoms with Crippen LogP contribution in [0.4, 0.5) is 0 Å². The normalized spacial score (nSPS) is 11.8. The van der Waals surface area contributed by atoms with Gasteiger partial charge in [-0.2, -0.15) is 0 Å². The first-order valence-electron chi connectivity index (χ1n) is 7.42. The summed E-state index contributed by atoms with van der Waals surface area (Å²) in [6.07, 6.45) is 2.00. The van der Waals surface area contributed by atoms with Crippen LogP contribution in [-0.4, -0.2) is 4.98 Å². The predicted molar refractivity (Wildman–Crippen MR) is 90.6 cm³/mol. The maximum absolute atomic E-state index is 4.78. The maximum Gasteiger partial charge on any atom is 0.0541 e. The van der Waals surface area contributed by atoms with Crippen molar-refractivity contribution in [3.63, 3.8) is 0 Å². The van der Waals surface area contributed by atoms with Gasteiger partial charge in [-0.15, -0.1) is 0 Å².